The molecule has 0 spiro atoms. The number of nitrogens with one attached hydrogen (secondary N) is 1. The van der Waals surface area contributed by atoms with Crippen molar-refractivity contribution in [2.45, 2.75) is 13.5 Å². The molecular formula is C23H21IN2O6. The fourth-order valence-corrected chi connectivity index (χ4v) is 3.84. The summed E-state index contributed by atoms with van der Waals surface area (Å²) in [6, 6.07) is 9.53. The lowest BCUT2D eigenvalue weighted by Gasteiger charge is -2.15. The van der Waals surface area contributed by atoms with E-state index in [1.54, 1.807) is 36.4 Å². The molecule has 2 aromatic rings. The van der Waals surface area contributed by atoms with Crippen molar-refractivity contribution < 1.29 is 29.0 Å². The number of ether oxygens (including phenoxy) is 2. The molecule has 3 amide bonds. The van der Waals surface area contributed by atoms with Crippen LogP contribution in [0.15, 0.2) is 54.8 Å². The SMILES string of the molecule is C=CCN1C(=O)N/C(=C/c2cc(I)c(OCc3cccc(C(=O)O)c3)c(OCC)c2)C1=O. The fourth-order valence-electron chi connectivity index (χ4n) is 3.06. The molecule has 0 aromatic heterocycles. The Labute approximate surface area is 198 Å². The van der Waals surface area contributed by atoms with Gasteiger partial charge in [-0.3, -0.25) is 9.69 Å². The summed E-state index contributed by atoms with van der Waals surface area (Å²) in [4.78, 5) is 36.6. The van der Waals surface area contributed by atoms with Crippen molar-refractivity contribution in [3.05, 3.63) is 75.0 Å². The molecule has 0 aliphatic carbocycles. The monoisotopic (exact) mass is 548 g/mol. The van der Waals surface area contributed by atoms with Crippen LogP contribution >= 0.6 is 22.6 Å². The molecule has 166 valence electrons. The van der Waals surface area contributed by atoms with E-state index in [0.717, 1.165) is 8.47 Å². The average molecular weight is 548 g/mol. The Balaban J connectivity index is 1.86. The first-order valence-corrected chi connectivity index (χ1v) is 10.8. The Morgan fingerprint density at radius 1 is 1.25 bits per heavy atom. The molecule has 1 aliphatic heterocycles. The smallest absolute Gasteiger partial charge is 0.335 e. The Morgan fingerprint density at radius 2 is 2.03 bits per heavy atom. The van der Waals surface area contributed by atoms with Gasteiger partial charge in [-0.25, -0.2) is 9.59 Å². The third-order valence-electron chi connectivity index (χ3n) is 4.47. The molecular weight excluding hydrogens is 527 g/mol. The summed E-state index contributed by atoms with van der Waals surface area (Å²) in [5.74, 6) is -0.457. The van der Waals surface area contributed by atoms with E-state index in [1.807, 2.05) is 6.92 Å². The molecule has 32 heavy (non-hydrogen) atoms. The lowest BCUT2D eigenvalue weighted by molar-refractivity contribution is -0.122. The van der Waals surface area contributed by atoms with Gasteiger partial charge in [0.1, 0.15) is 12.3 Å². The lowest BCUT2D eigenvalue weighted by atomic mass is 10.1. The highest BCUT2D eigenvalue weighted by atomic mass is 127. The molecule has 2 aromatic carbocycles. The number of carbonyl (C=O) groups excluding carboxylic acids is 2. The quantitative estimate of drug-likeness (QED) is 0.212. The molecule has 8 nitrogen and oxygen atoms in total. The first-order chi connectivity index (χ1) is 15.3. The largest absolute Gasteiger partial charge is 0.490 e. The molecule has 0 unspecified atom stereocenters. The van der Waals surface area contributed by atoms with Crippen LogP contribution in [0.1, 0.15) is 28.4 Å². The van der Waals surface area contributed by atoms with Crippen LogP contribution < -0.4 is 14.8 Å². The predicted molar refractivity (Wildman–Crippen MR) is 126 cm³/mol. The van der Waals surface area contributed by atoms with Crippen LogP contribution in [0, 0.1) is 3.57 Å². The summed E-state index contributed by atoms with van der Waals surface area (Å²) in [5.41, 5.74) is 1.70. The van der Waals surface area contributed by atoms with Crippen molar-refractivity contribution in [2.75, 3.05) is 13.2 Å². The number of carboxylic acid groups (broad SMARTS) is 1. The van der Waals surface area contributed by atoms with Gasteiger partial charge in [0.2, 0.25) is 0 Å². The van der Waals surface area contributed by atoms with E-state index in [4.69, 9.17) is 14.6 Å². The van der Waals surface area contributed by atoms with Crippen molar-refractivity contribution in [1.29, 1.82) is 0 Å². The van der Waals surface area contributed by atoms with Gasteiger partial charge in [-0.15, -0.1) is 6.58 Å². The van der Waals surface area contributed by atoms with Crippen molar-refractivity contribution in [1.82, 2.24) is 10.2 Å². The highest BCUT2D eigenvalue weighted by Crippen LogP contribution is 2.35. The van der Waals surface area contributed by atoms with E-state index >= 15 is 0 Å². The summed E-state index contributed by atoms with van der Waals surface area (Å²) in [6.07, 6.45) is 3.06. The Hall–Kier alpha value is -3.34. The van der Waals surface area contributed by atoms with Gasteiger partial charge >= 0.3 is 12.0 Å². The number of carboxylic acids is 1. The van der Waals surface area contributed by atoms with Gasteiger partial charge in [0.25, 0.3) is 5.91 Å². The minimum Gasteiger partial charge on any atom is -0.490 e. The van der Waals surface area contributed by atoms with E-state index in [2.05, 4.69) is 34.5 Å². The van der Waals surface area contributed by atoms with E-state index in [0.29, 0.717) is 29.2 Å². The maximum atomic E-state index is 12.4. The lowest BCUT2D eigenvalue weighted by Crippen LogP contribution is -2.30. The molecule has 0 radical (unpaired) electrons. The van der Waals surface area contributed by atoms with Gasteiger partial charge in [0.15, 0.2) is 11.5 Å². The van der Waals surface area contributed by atoms with Crippen molar-refractivity contribution in [3.8, 4) is 11.5 Å². The van der Waals surface area contributed by atoms with Crippen LogP contribution in [0.5, 0.6) is 11.5 Å². The average Bonchev–Trinajstić information content (AvgIpc) is 3.01. The van der Waals surface area contributed by atoms with Gasteiger partial charge in [-0.1, -0.05) is 18.2 Å². The van der Waals surface area contributed by atoms with Crippen LogP contribution in [0.25, 0.3) is 6.08 Å². The van der Waals surface area contributed by atoms with E-state index in [9.17, 15) is 14.4 Å². The van der Waals surface area contributed by atoms with Gasteiger partial charge in [0, 0.05) is 6.54 Å². The first kappa shape index (κ1) is 23.3. The summed E-state index contributed by atoms with van der Waals surface area (Å²) in [5, 5.41) is 11.7. The second-order valence-electron chi connectivity index (χ2n) is 6.75. The number of hydrogen-bond donors (Lipinski definition) is 2. The van der Waals surface area contributed by atoms with Gasteiger partial charge < -0.3 is 19.9 Å². The van der Waals surface area contributed by atoms with E-state index in [1.165, 1.54) is 12.1 Å². The zero-order valence-corrected chi connectivity index (χ0v) is 19.4. The molecule has 9 heteroatoms. The standard InChI is InChI=1S/C23H21IN2O6/c1-3-8-26-21(27)18(25-23(26)30)11-15-10-17(24)20(19(12-15)31-4-2)32-13-14-6-5-7-16(9-14)22(28)29/h3,5-7,9-12H,1,4,8,13H2,2H3,(H,25,30)(H,28,29)/b18-11+. The fraction of sp³-hybridized carbons (Fsp3) is 0.174. The highest BCUT2D eigenvalue weighted by Gasteiger charge is 2.32. The molecule has 1 heterocycles. The van der Waals surface area contributed by atoms with E-state index < -0.39 is 17.9 Å². The van der Waals surface area contributed by atoms with Gasteiger partial charge in [-0.2, -0.15) is 0 Å². The topological polar surface area (TPSA) is 105 Å². The van der Waals surface area contributed by atoms with Gasteiger partial charge in [-0.05, 0) is 71.0 Å². The molecule has 1 fully saturated rings. The van der Waals surface area contributed by atoms with Crippen molar-refractivity contribution in [2.24, 2.45) is 0 Å². The summed E-state index contributed by atoms with van der Waals surface area (Å²) >= 11 is 2.10. The third kappa shape index (κ3) is 5.28. The van der Waals surface area contributed by atoms with Crippen molar-refractivity contribution >= 4 is 46.6 Å². The Morgan fingerprint density at radius 3 is 2.72 bits per heavy atom. The molecule has 0 bridgehead atoms. The number of urea groups is 1. The van der Waals surface area contributed by atoms with Gasteiger partial charge in [0.05, 0.1) is 15.7 Å². The summed E-state index contributed by atoms with van der Waals surface area (Å²) < 4.78 is 12.4. The number of amides is 3. The number of rotatable bonds is 9. The zero-order chi connectivity index (χ0) is 23.3. The molecule has 3 rings (SSSR count). The number of imide groups is 1. The summed E-state index contributed by atoms with van der Waals surface area (Å²) in [6.45, 7) is 6.07. The number of aromatic carboxylic acids is 1. The molecule has 0 saturated carbocycles. The third-order valence-corrected chi connectivity index (χ3v) is 5.28. The van der Waals surface area contributed by atoms with E-state index in [-0.39, 0.29) is 24.4 Å². The molecule has 1 saturated heterocycles. The number of benzene rings is 2. The van der Waals surface area contributed by atoms with Crippen LogP contribution in [0.4, 0.5) is 4.79 Å². The molecule has 2 N–H and O–H groups in total. The van der Waals surface area contributed by atoms with Crippen LogP contribution in [0.2, 0.25) is 0 Å². The predicted octanol–water partition coefficient (Wildman–Crippen LogP) is 4.05. The molecule has 0 atom stereocenters. The second kappa shape index (κ2) is 10.3. The van der Waals surface area contributed by atoms with Crippen LogP contribution in [-0.2, 0) is 11.4 Å². The number of carbonyl (C=O) groups is 3. The zero-order valence-electron chi connectivity index (χ0n) is 17.3. The van der Waals surface area contributed by atoms with Crippen molar-refractivity contribution in [3.63, 3.8) is 0 Å². The molecule has 1 aliphatic rings. The normalized spacial score (nSPS) is 14.4. The Bertz CT molecular complexity index is 1110. The summed E-state index contributed by atoms with van der Waals surface area (Å²) in [7, 11) is 0. The number of hydrogen-bond acceptors (Lipinski definition) is 5. The second-order valence-corrected chi connectivity index (χ2v) is 7.91. The van der Waals surface area contributed by atoms with Crippen LogP contribution in [0.3, 0.4) is 0 Å². The number of nitrogens with zero attached hydrogens (tertiary/aromatic N) is 1. The minimum absolute atomic E-state index is 0.125. The highest BCUT2D eigenvalue weighted by molar-refractivity contribution is 14.1. The maximum absolute atomic E-state index is 12.4. The maximum Gasteiger partial charge on any atom is 0.335 e. The Kier molecular flexibility index (Phi) is 7.52. The number of halogens is 1. The first-order valence-electron chi connectivity index (χ1n) is 9.70. The minimum atomic E-state index is -1.01. The van der Waals surface area contributed by atoms with Crippen LogP contribution in [-0.4, -0.2) is 41.1 Å².